The molecule has 0 amide bonds. The van der Waals surface area contributed by atoms with Crippen LogP contribution in [0.1, 0.15) is 11.1 Å². The van der Waals surface area contributed by atoms with Gasteiger partial charge >= 0.3 is 0 Å². The zero-order chi connectivity index (χ0) is 16.3. The van der Waals surface area contributed by atoms with Crippen molar-refractivity contribution < 1.29 is 14.8 Å². The molecule has 0 saturated carbocycles. The van der Waals surface area contributed by atoms with E-state index in [2.05, 4.69) is 20.9 Å². The zero-order valence-corrected chi connectivity index (χ0v) is 13.5. The number of nitro benzene ring substituents is 1. The van der Waals surface area contributed by atoms with Crippen LogP contribution in [0.5, 0.6) is 11.5 Å². The van der Waals surface area contributed by atoms with E-state index in [-0.39, 0.29) is 11.4 Å². The van der Waals surface area contributed by atoms with E-state index in [0.29, 0.717) is 22.6 Å². The van der Waals surface area contributed by atoms with E-state index in [4.69, 9.17) is 4.74 Å². The van der Waals surface area contributed by atoms with E-state index in [0.717, 1.165) is 4.47 Å². The Morgan fingerprint density at radius 3 is 2.68 bits per heavy atom. The van der Waals surface area contributed by atoms with Crippen LogP contribution in [-0.2, 0) is 0 Å². The first-order chi connectivity index (χ1) is 10.4. The van der Waals surface area contributed by atoms with Crippen molar-refractivity contribution >= 4 is 33.5 Å². The predicted molar refractivity (Wildman–Crippen MR) is 87.4 cm³/mol. The highest BCUT2D eigenvalue weighted by Gasteiger charge is 2.12. The van der Waals surface area contributed by atoms with Gasteiger partial charge in [0.1, 0.15) is 11.5 Å². The number of nitro groups is 1. The number of phenols is 1. The molecule has 0 saturated heterocycles. The summed E-state index contributed by atoms with van der Waals surface area (Å²) >= 11 is 3.35. The monoisotopic (exact) mass is 364 g/mol. The molecule has 2 aromatic rings. The molecule has 114 valence electrons. The van der Waals surface area contributed by atoms with Crippen LogP contribution in [0.3, 0.4) is 0 Å². The Morgan fingerprint density at radius 1 is 1.36 bits per heavy atom. The molecule has 0 unspecified atom stereocenters. The topological polar surface area (TPSA) is 85.0 Å². The van der Waals surface area contributed by atoms with E-state index >= 15 is 0 Å². The van der Waals surface area contributed by atoms with E-state index in [1.54, 1.807) is 32.2 Å². The van der Waals surface area contributed by atoms with Gasteiger partial charge in [-0.15, -0.1) is 0 Å². The molecule has 0 radical (unpaired) electrons. The molecule has 2 aromatic carbocycles. The van der Waals surface area contributed by atoms with Crippen LogP contribution in [0.25, 0.3) is 0 Å². The van der Waals surface area contributed by atoms with Crippen molar-refractivity contribution in [2.45, 2.75) is 6.92 Å². The smallest absolute Gasteiger partial charge is 0.270 e. The maximum Gasteiger partial charge on any atom is 0.270 e. The normalized spacial score (nSPS) is 10.9. The maximum absolute atomic E-state index is 10.9. The minimum absolute atomic E-state index is 0.0260. The first-order valence-corrected chi connectivity index (χ1v) is 7.07. The van der Waals surface area contributed by atoms with Gasteiger partial charge in [-0.05, 0) is 46.6 Å². The third-order valence-corrected chi connectivity index (χ3v) is 3.63. The molecule has 0 heterocycles. The Kier molecular flexibility index (Phi) is 4.77. The van der Waals surface area contributed by atoms with Gasteiger partial charge in [0.05, 0.1) is 22.2 Å². The molecule has 0 aromatic heterocycles. The predicted octanol–water partition coefficient (Wildman–Crippen LogP) is 4.13. The number of aromatic hydroxyl groups is 1. The summed E-state index contributed by atoms with van der Waals surface area (Å²) in [4.78, 5) is 14.6. The molecule has 2 rings (SSSR count). The summed E-state index contributed by atoms with van der Waals surface area (Å²) in [7, 11) is 1.56. The fraction of sp³-hybridized carbons (Fsp3) is 0.133. The zero-order valence-electron chi connectivity index (χ0n) is 11.9. The summed E-state index contributed by atoms with van der Waals surface area (Å²) in [5.74, 6) is 0.648. The van der Waals surface area contributed by atoms with Crippen LogP contribution in [0.4, 0.5) is 11.4 Å². The molecule has 1 N–H and O–H groups in total. The van der Waals surface area contributed by atoms with Gasteiger partial charge in [-0.25, -0.2) is 0 Å². The Hall–Kier alpha value is -2.41. The third kappa shape index (κ3) is 3.43. The van der Waals surface area contributed by atoms with Gasteiger partial charge < -0.3 is 9.84 Å². The molecule has 0 atom stereocenters. The molecular weight excluding hydrogens is 352 g/mol. The summed E-state index contributed by atoms with van der Waals surface area (Å²) in [6.07, 6.45) is 1.39. The quantitative estimate of drug-likeness (QED) is 0.502. The number of aryl methyl sites for hydroxylation is 1. The number of nitrogens with zero attached hydrogens (tertiary/aromatic N) is 2. The molecule has 0 fully saturated rings. The van der Waals surface area contributed by atoms with Gasteiger partial charge in [0.15, 0.2) is 0 Å². The van der Waals surface area contributed by atoms with Crippen LogP contribution >= 0.6 is 15.9 Å². The highest BCUT2D eigenvalue weighted by atomic mass is 79.9. The molecule has 0 aliphatic rings. The molecule has 0 bridgehead atoms. The lowest BCUT2D eigenvalue weighted by atomic mass is 10.1. The first kappa shape index (κ1) is 16.0. The summed E-state index contributed by atoms with van der Waals surface area (Å²) in [6, 6.07) is 7.83. The van der Waals surface area contributed by atoms with Crippen molar-refractivity contribution in [1.82, 2.24) is 0 Å². The van der Waals surface area contributed by atoms with E-state index < -0.39 is 4.92 Å². The minimum Gasteiger partial charge on any atom is -0.507 e. The van der Waals surface area contributed by atoms with Crippen molar-refractivity contribution in [3.05, 3.63) is 56.0 Å². The molecule has 0 spiro atoms. The van der Waals surface area contributed by atoms with Gasteiger partial charge in [-0.3, -0.25) is 15.1 Å². The Morgan fingerprint density at radius 2 is 2.09 bits per heavy atom. The lowest BCUT2D eigenvalue weighted by molar-refractivity contribution is -0.384. The largest absolute Gasteiger partial charge is 0.507 e. The van der Waals surface area contributed by atoms with Crippen molar-refractivity contribution in [2.24, 2.45) is 4.99 Å². The standard InChI is InChI=1S/C15H13BrN2O4/c1-9-5-12(18(20)21)6-10(15(9)19)8-17-11-3-4-14(22-2)13(16)7-11/h3-8,19H,1-2H3. The van der Waals surface area contributed by atoms with Gasteiger partial charge in [0, 0.05) is 23.9 Å². The summed E-state index contributed by atoms with van der Waals surface area (Å²) < 4.78 is 5.87. The van der Waals surface area contributed by atoms with Gasteiger partial charge in [-0.1, -0.05) is 0 Å². The van der Waals surface area contributed by atoms with Gasteiger partial charge in [0.2, 0.25) is 0 Å². The first-order valence-electron chi connectivity index (χ1n) is 6.28. The Bertz CT molecular complexity index is 759. The average Bonchev–Trinajstić information content (AvgIpc) is 2.48. The van der Waals surface area contributed by atoms with Crippen LogP contribution in [0.15, 0.2) is 39.8 Å². The highest BCUT2D eigenvalue weighted by molar-refractivity contribution is 9.10. The summed E-state index contributed by atoms with van der Waals surface area (Å²) in [6.45, 7) is 1.60. The molecular formula is C15H13BrN2O4. The highest BCUT2D eigenvalue weighted by Crippen LogP contribution is 2.30. The molecule has 6 nitrogen and oxygen atoms in total. The number of hydrogen-bond acceptors (Lipinski definition) is 5. The molecule has 0 aliphatic carbocycles. The molecule has 22 heavy (non-hydrogen) atoms. The maximum atomic E-state index is 10.9. The van der Waals surface area contributed by atoms with E-state index in [1.807, 2.05) is 0 Å². The van der Waals surface area contributed by atoms with Crippen molar-refractivity contribution in [3.8, 4) is 11.5 Å². The molecule has 7 heteroatoms. The lowest BCUT2D eigenvalue weighted by Crippen LogP contribution is -1.93. The van der Waals surface area contributed by atoms with Crippen molar-refractivity contribution in [2.75, 3.05) is 7.11 Å². The SMILES string of the molecule is COc1ccc(N=Cc2cc([N+](=O)[O-])cc(C)c2O)cc1Br. The van der Waals surface area contributed by atoms with E-state index in [1.165, 1.54) is 18.3 Å². The number of hydrogen-bond donors (Lipinski definition) is 1. The van der Waals surface area contributed by atoms with E-state index in [9.17, 15) is 15.2 Å². The van der Waals surface area contributed by atoms with Crippen LogP contribution in [-0.4, -0.2) is 23.4 Å². The fourth-order valence-electron chi connectivity index (χ4n) is 1.87. The second-order valence-corrected chi connectivity index (χ2v) is 5.39. The second kappa shape index (κ2) is 6.57. The third-order valence-electron chi connectivity index (χ3n) is 3.01. The number of methoxy groups -OCH3 is 1. The van der Waals surface area contributed by atoms with Gasteiger partial charge in [-0.2, -0.15) is 0 Å². The number of halogens is 1. The lowest BCUT2D eigenvalue weighted by Gasteiger charge is -2.04. The number of rotatable bonds is 4. The Balaban J connectivity index is 2.37. The number of benzene rings is 2. The Labute approximate surface area is 135 Å². The number of non-ortho nitro benzene ring substituents is 1. The minimum atomic E-state index is -0.506. The van der Waals surface area contributed by atoms with Crippen LogP contribution in [0, 0.1) is 17.0 Å². The van der Waals surface area contributed by atoms with Gasteiger partial charge in [0.25, 0.3) is 5.69 Å². The fourth-order valence-corrected chi connectivity index (χ4v) is 2.40. The summed E-state index contributed by atoms with van der Waals surface area (Å²) in [5.41, 5.74) is 1.24. The number of aliphatic imine (C=N–C) groups is 1. The van der Waals surface area contributed by atoms with Crippen LogP contribution < -0.4 is 4.74 Å². The molecule has 0 aliphatic heterocycles. The number of phenolic OH excluding ortho intramolecular Hbond substituents is 1. The van der Waals surface area contributed by atoms with Crippen molar-refractivity contribution in [1.29, 1.82) is 0 Å². The average molecular weight is 365 g/mol. The summed E-state index contributed by atoms with van der Waals surface area (Å²) in [5, 5.41) is 20.8. The number of ether oxygens (including phenoxy) is 1. The second-order valence-electron chi connectivity index (χ2n) is 4.53. The van der Waals surface area contributed by atoms with Crippen molar-refractivity contribution in [3.63, 3.8) is 0 Å². The van der Waals surface area contributed by atoms with Crippen LogP contribution in [0.2, 0.25) is 0 Å².